The van der Waals surface area contributed by atoms with E-state index in [-0.39, 0.29) is 11.8 Å². The lowest BCUT2D eigenvalue weighted by Gasteiger charge is -2.19. The van der Waals surface area contributed by atoms with Gasteiger partial charge in [-0.15, -0.1) is 0 Å². The predicted octanol–water partition coefficient (Wildman–Crippen LogP) is 6.10. The molecule has 0 spiro atoms. The highest BCUT2D eigenvalue weighted by Crippen LogP contribution is 2.36. The second-order valence-corrected chi connectivity index (χ2v) is 9.18. The van der Waals surface area contributed by atoms with Crippen molar-refractivity contribution in [2.45, 2.75) is 25.8 Å². The third-order valence-corrected chi connectivity index (χ3v) is 6.80. The molecule has 2 heterocycles. The minimum absolute atomic E-state index is 0.0211. The highest BCUT2D eigenvalue weighted by Gasteiger charge is 2.35. The smallest absolute Gasteiger partial charge is 0.227 e. The monoisotopic (exact) mass is 461 g/mol. The first kappa shape index (κ1) is 21.4. The van der Waals surface area contributed by atoms with Crippen molar-refractivity contribution in [3.63, 3.8) is 0 Å². The molecule has 0 aliphatic carbocycles. The van der Waals surface area contributed by atoms with E-state index in [0.29, 0.717) is 26.1 Å². The number of benzene rings is 4. The van der Waals surface area contributed by atoms with Crippen LogP contribution in [0.1, 0.15) is 23.7 Å². The van der Waals surface area contributed by atoms with Gasteiger partial charge < -0.3 is 14.2 Å². The Morgan fingerprint density at radius 3 is 2.66 bits per heavy atom. The van der Waals surface area contributed by atoms with Gasteiger partial charge in [0.25, 0.3) is 0 Å². The first-order chi connectivity index (χ1) is 17.2. The van der Waals surface area contributed by atoms with Crippen molar-refractivity contribution in [3.8, 4) is 5.75 Å². The Morgan fingerprint density at radius 2 is 1.74 bits per heavy atom. The second-order valence-electron chi connectivity index (χ2n) is 9.18. The number of ether oxygens (including phenoxy) is 1. The normalized spacial score (nSPS) is 15.9. The number of carbonyl (C=O) groups excluding carboxylic acids is 1. The van der Waals surface area contributed by atoms with Crippen LogP contribution in [0.5, 0.6) is 5.75 Å². The van der Waals surface area contributed by atoms with Crippen molar-refractivity contribution >= 4 is 33.4 Å². The number of nitrogens with zero attached hydrogens (tertiary/aromatic N) is 3. The van der Waals surface area contributed by atoms with Gasteiger partial charge in [-0.3, -0.25) is 4.79 Å². The highest BCUT2D eigenvalue weighted by atomic mass is 16.5. The summed E-state index contributed by atoms with van der Waals surface area (Å²) >= 11 is 0. The van der Waals surface area contributed by atoms with Gasteiger partial charge in [-0.05, 0) is 48.2 Å². The SMILES string of the molecule is Cc1cccc(OCCn2c(C3CC(=O)N(c4cccc5ccccc45)C3)nc3ccccc32)c1. The van der Waals surface area contributed by atoms with Crippen LogP contribution in [0.25, 0.3) is 21.8 Å². The Hall–Kier alpha value is -4.12. The zero-order chi connectivity index (χ0) is 23.8. The third-order valence-electron chi connectivity index (χ3n) is 6.80. The zero-order valence-electron chi connectivity index (χ0n) is 19.7. The number of fused-ring (bicyclic) bond motifs is 2. The van der Waals surface area contributed by atoms with Gasteiger partial charge in [0.1, 0.15) is 18.2 Å². The van der Waals surface area contributed by atoms with E-state index in [2.05, 4.69) is 41.8 Å². The van der Waals surface area contributed by atoms with E-state index in [0.717, 1.165) is 39.1 Å². The molecule has 0 radical (unpaired) electrons. The molecule has 0 bridgehead atoms. The summed E-state index contributed by atoms with van der Waals surface area (Å²) in [5, 5.41) is 2.24. The molecule has 5 heteroatoms. The average molecular weight is 462 g/mol. The molecular weight excluding hydrogens is 434 g/mol. The molecule has 1 aromatic heterocycles. The van der Waals surface area contributed by atoms with E-state index in [9.17, 15) is 4.79 Å². The van der Waals surface area contributed by atoms with Crippen LogP contribution in [0.3, 0.4) is 0 Å². The fourth-order valence-corrected chi connectivity index (χ4v) is 5.16. The van der Waals surface area contributed by atoms with Crippen LogP contribution in [0.15, 0.2) is 91.0 Å². The van der Waals surface area contributed by atoms with Crippen molar-refractivity contribution in [2.75, 3.05) is 18.1 Å². The Morgan fingerprint density at radius 1 is 0.943 bits per heavy atom. The Balaban J connectivity index is 1.30. The van der Waals surface area contributed by atoms with Gasteiger partial charge in [0, 0.05) is 24.3 Å². The molecule has 1 saturated heterocycles. The Labute approximate surface area is 204 Å². The lowest BCUT2D eigenvalue weighted by atomic mass is 10.1. The molecule has 35 heavy (non-hydrogen) atoms. The standard InChI is InChI=1S/C30H27N3O2/c1-21-8-6-11-24(18-21)35-17-16-32-28-14-5-4-13-26(28)31-30(32)23-19-29(34)33(20-23)27-15-7-10-22-9-2-3-12-25(22)27/h2-15,18,23H,16-17,19-20H2,1H3. The lowest BCUT2D eigenvalue weighted by Crippen LogP contribution is -2.25. The van der Waals surface area contributed by atoms with Crippen molar-refractivity contribution in [1.29, 1.82) is 0 Å². The summed E-state index contributed by atoms with van der Waals surface area (Å²) in [5.74, 6) is 1.98. The summed E-state index contributed by atoms with van der Waals surface area (Å²) in [6.45, 7) is 3.88. The number of anilines is 1. The quantitative estimate of drug-likeness (QED) is 0.307. The fourth-order valence-electron chi connectivity index (χ4n) is 5.16. The maximum atomic E-state index is 13.2. The molecule has 1 amide bonds. The second kappa shape index (κ2) is 8.91. The van der Waals surface area contributed by atoms with Crippen LogP contribution in [0, 0.1) is 6.92 Å². The average Bonchev–Trinajstić information content (AvgIpc) is 3.44. The van der Waals surface area contributed by atoms with Crippen molar-refractivity contribution in [1.82, 2.24) is 9.55 Å². The van der Waals surface area contributed by atoms with Crippen LogP contribution in [0.2, 0.25) is 0 Å². The number of hydrogen-bond donors (Lipinski definition) is 0. The summed E-state index contributed by atoms with van der Waals surface area (Å²) in [4.78, 5) is 20.1. The van der Waals surface area contributed by atoms with E-state index in [1.54, 1.807) is 0 Å². The van der Waals surface area contributed by atoms with E-state index in [4.69, 9.17) is 9.72 Å². The number of rotatable bonds is 6. The Kier molecular flexibility index (Phi) is 5.45. The number of carbonyl (C=O) groups is 1. The summed E-state index contributed by atoms with van der Waals surface area (Å²) in [5.41, 5.74) is 4.18. The predicted molar refractivity (Wildman–Crippen MR) is 140 cm³/mol. The maximum absolute atomic E-state index is 13.2. The van der Waals surface area contributed by atoms with E-state index in [1.165, 1.54) is 5.56 Å². The number of imidazole rings is 1. The van der Waals surface area contributed by atoms with Crippen LogP contribution < -0.4 is 9.64 Å². The van der Waals surface area contributed by atoms with Crippen LogP contribution in [-0.4, -0.2) is 28.6 Å². The minimum Gasteiger partial charge on any atom is -0.492 e. The fraction of sp³-hybridized carbons (Fsp3) is 0.200. The van der Waals surface area contributed by atoms with E-state index >= 15 is 0 Å². The molecule has 5 aromatic rings. The van der Waals surface area contributed by atoms with Gasteiger partial charge in [0.2, 0.25) is 5.91 Å². The number of para-hydroxylation sites is 2. The topological polar surface area (TPSA) is 47.4 Å². The number of amides is 1. The van der Waals surface area contributed by atoms with Gasteiger partial charge in [-0.1, -0.05) is 60.7 Å². The van der Waals surface area contributed by atoms with E-state index in [1.807, 2.05) is 65.6 Å². The first-order valence-corrected chi connectivity index (χ1v) is 12.1. The van der Waals surface area contributed by atoms with Crippen molar-refractivity contribution in [3.05, 3.63) is 102 Å². The molecule has 1 atom stereocenters. The molecule has 1 fully saturated rings. The molecule has 4 aromatic carbocycles. The molecule has 174 valence electrons. The highest BCUT2D eigenvalue weighted by molar-refractivity contribution is 6.05. The minimum atomic E-state index is 0.0211. The molecule has 0 saturated carbocycles. The van der Waals surface area contributed by atoms with Crippen molar-refractivity contribution in [2.24, 2.45) is 0 Å². The van der Waals surface area contributed by atoms with Crippen LogP contribution >= 0.6 is 0 Å². The van der Waals surface area contributed by atoms with Gasteiger partial charge in [0.05, 0.1) is 23.3 Å². The molecule has 5 nitrogen and oxygen atoms in total. The number of aromatic nitrogens is 2. The molecular formula is C30H27N3O2. The largest absolute Gasteiger partial charge is 0.492 e. The van der Waals surface area contributed by atoms with Crippen molar-refractivity contribution < 1.29 is 9.53 Å². The zero-order valence-corrected chi connectivity index (χ0v) is 19.7. The van der Waals surface area contributed by atoms with E-state index < -0.39 is 0 Å². The first-order valence-electron chi connectivity index (χ1n) is 12.1. The summed E-state index contributed by atoms with van der Waals surface area (Å²) in [6, 6.07) is 30.7. The maximum Gasteiger partial charge on any atom is 0.227 e. The van der Waals surface area contributed by atoms with Gasteiger partial charge >= 0.3 is 0 Å². The molecule has 1 unspecified atom stereocenters. The number of aryl methyl sites for hydroxylation is 1. The molecule has 6 rings (SSSR count). The van der Waals surface area contributed by atoms with Crippen LogP contribution in [-0.2, 0) is 11.3 Å². The van der Waals surface area contributed by atoms with Gasteiger partial charge in [-0.25, -0.2) is 4.98 Å². The van der Waals surface area contributed by atoms with Gasteiger partial charge in [-0.2, -0.15) is 0 Å². The van der Waals surface area contributed by atoms with Crippen LogP contribution in [0.4, 0.5) is 5.69 Å². The summed E-state index contributed by atoms with van der Waals surface area (Å²) < 4.78 is 8.29. The summed E-state index contributed by atoms with van der Waals surface area (Å²) in [7, 11) is 0. The number of hydrogen-bond acceptors (Lipinski definition) is 3. The summed E-state index contributed by atoms with van der Waals surface area (Å²) in [6.07, 6.45) is 0.450. The Bertz CT molecular complexity index is 1530. The molecule has 1 aliphatic rings. The molecule has 0 N–H and O–H groups in total. The molecule has 1 aliphatic heterocycles. The lowest BCUT2D eigenvalue weighted by molar-refractivity contribution is -0.117. The third kappa shape index (κ3) is 4.03. The van der Waals surface area contributed by atoms with Gasteiger partial charge in [0.15, 0.2) is 0 Å².